The molecule has 0 saturated heterocycles. The van der Waals surface area contributed by atoms with Crippen LogP contribution in [0.15, 0.2) is 87.2 Å². The van der Waals surface area contributed by atoms with Crippen LogP contribution in [0.25, 0.3) is 22.3 Å². The minimum Gasteiger partial charge on any atom is -0.494 e. The maximum atomic E-state index is 13.9. The van der Waals surface area contributed by atoms with Crippen LogP contribution < -0.4 is 19.8 Å². The fourth-order valence-corrected chi connectivity index (χ4v) is 5.32. The Morgan fingerprint density at radius 1 is 1.04 bits per heavy atom. The molecule has 0 saturated carbocycles. The number of methoxy groups -OCH3 is 1. The molecular formula is C35H33BrN4O6. The second kappa shape index (κ2) is 13.9. The van der Waals surface area contributed by atoms with Gasteiger partial charge in [0.05, 0.1) is 35.8 Å². The SMILES string of the molecule is CCOc1cc(C)c(-c2nc3ccccc3c(=O)n2N=Cc2cc(OC)c(OCc3ccc(Br)cc3)c([N+](=O)[O-])c2)cc1C(C)C. The molecule has 5 aromatic rings. The summed E-state index contributed by atoms with van der Waals surface area (Å²) in [4.78, 5) is 30.3. The van der Waals surface area contributed by atoms with Gasteiger partial charge in [0.2, 0.25) is 5.75 Å². The summed E-state index contributed by atoms with van der Waals surface area (Å²) < 4.78 is 19.4. The lowest BCUT2D eigenvalue weighted by Crippen LogP contribution is -2.21. The molecule has 0 aliphatic rings. The molecule has 0 aliphatic heterocycles. The summed E-state index contributed by atoms with van der Waals surface area (Å²) >= 11 is 3.40. The Morgan fingerprint density at radius 3 is 2.46 bits per heavy atom. The van der Waals surface area contributed by atoms with Gasteiger partial charge in [0.25, 0.3) is 5.56 Å². The molecule has 0 bridgehead atoms. The first kappa shape index (κ1) is 32.4. The molecule has 5 rings (SSSR count). The number of nitro groups is 1. The number of nitrogens with zero attached hydrogens (tertiary/aromatic N) is 4. The molecule has 0 spiro atoms. The molecule has 1 heterocycles. The smallest absolute Gasteiger partial charge is 0.315 e. The Morgan fingerprint density at radius 2 is 1.78 bits per heavy atom. The number of nitro benzene ring substituents is 1. The first-order chi connectivity index (χ1) is 22.1. The molecule has 0 atom stereocenters. The third kappa shape index (κ3) is 6.79. The summed E-state index contributed by atoms with van der Waals surface area (Å²) in [7, 11) is 1.41. The number of aromatic nitrogens is 2. The molecule has 0 aliphatic carbocycles. The lowest BCUT2D eigenvalue weighted by atomic mass is 9.96. The molecule has 236 valence electrons. The third-order valence-corrected chi connectivity index (χ3v) is 7.89. The predicted octanol–water partition coefficient (Wildman–Crippen LogP) is 8.03. The molecular weight excluding hydrogens is 652 g/mol. The van der Waals surface area contributed by atoms with Gasteiger partial charge in [0, 0.05) is 21.7 Å². The highest BCUT2D eigenvalue weighted by Crippen LogP contribution is 2.39. The van der Waals surface area contributed by atoms with Crippen LogP contribution in [-0.4, -0.2) is 34.5 Å². The quantitative estimate of drug-likeness (QED) is 0.0785. The normalized spacial score (nSPS) is 11.4. The number of rotatable bonds is 11. The van der Waals surface area contributed by atoms with Crippen LogP contribution in [0.2, 0.25) is 0 Å². The zero-order chi connectivity index (χ0) is 33.0. The Bertz CT molecular complexity index is 2000. The summed E-state index contributed by atoms with van der Waals surface area (Å²) in [5.74, 6) is 1.39. The summed E-state index contributed by atoms with van der Waals surface area (Å²) in [6.07, 6.45) is 1.38. The van der Waals surface area contributed by atoms with Gasteiger partial charge < -0.3 is 14.2 Å². The van der Waals surface area contributed by atoms with E-state index in [9.17, 15) is 14.9 Å². The van der Waals surface area contributed by atoms with Gasteiger partial charge in [-0.15, -0.1) is 0 Å². The van der Waals surface area contributed by atoms with E-state index < -0.39 is 4.92 Å². The van der Waals surface area contributed by atoms with E-state index in [2.05, 4.69) is 34.9 Å². The predicted molar refractivity (Wildman–Crippen MR) is 183 cm³/mol. The average Bonchev–Trinajstić information content (AvgIpc) is 3.04. The van der Waals surface area contributed by atoms with Gasteiger partial charge in [-0.3, -0.25) is 14.9 Å². The number of fused-ring (bicyclic) bond motifs is 1. The number of hydrogen-bond donors (Lipinski definition) is 0. The second-order valence-corrected chi connectivity index (χ2v) is 11.8. The van der Waals surface area contributed by atoms with E-state index in [1.165, 1.54) is 24.1 Å². The molecule has 0 fully saturated rings. The van der Waals surface area contributed by atoms with Crippen LogP contribution in [0.4, 0.5) is 5.69 Å². The highest BCUT2D eigenvalue weighted by molar-refractivity contribution is 9.10. The first-order valence-corrected chi connectivity index (χ1v) is 15.5. The highest BCUT2D eigenvalue weighted by atomic mass is 79.9. The van der Waals surface area contributed by atoms with Gasteiger partial charge in [-0.05, 0) is 78.9 Å². The summed E-state index contributed by atoms with van der Waals surface area (Å²) in [6.45, 7) is 8.62. The molecule has 1 aromatic heterocycles. The highest BCUT2D eigenvalue weighted by Gasteiger charge is 2.23. The maximum Gasteiger partial charge on any atom is 0.315 e. The van der Waals surface area contributed by atoms with Gasteiger partial charge in [-0.2, -0.15) is 9.78 Å². The number of hydrogen-bond acceptors (Lipinski definition) is 8. The van der Waals surface area contributed by atoms with Crippen LogP contribution in [0.1, 0.15) is 48.9 Å². The zero-order valence-corrected chi connectivity index (χ0v) is 27.7. The Kier molecular flexibility index (Phi) is 9.81. The van der Waals surface area contributed by atoms with E-state index in [1.54, 1.807) is 24.3 Å². The van der Waals surface area contributed by atoms with Gasteiger partial charge in [0.15, 0.2) is 11.6 Å². The molecule has 0 amide bonds. The van der Waals surface area contributed by atoms with Gasteiger partial charge in [0.1, 0.15) is 12.4 Å². The van der Waals surface area contributed by atoms with Crippen molar-refractivity contribution in [3.8, 4) is 28.6 Å². The molecule has 0 unspecified atom stereocenters. The molecule has 46 heavy (non-hydrogen) atoms. The molecule has 0 radical (unpaired) electrons. The number of ether oxygens (including phenoxy) is 3. The largest absolute Gasteiger partial charge is 0.494 e. The standard InChI is InChI=1S/C35H33BrN4O6/c1-6-45-31-15-22(4)28(18-27(31)21(2)3)34-38-29-10-8-7-9-26(29)35(41)39(34)37-19-24-16-30(40(42)43)33(32(17-24)44-5)46-20-23-11-13-25(36)14-12-23/h7-19,21H,6,20H2,1-5H3. The van der Waals surface area contributed by atoms with E-state index in [0.717, 1.165) is 26.9 Å². The zero-order valence-electron chi connectivity index (χ0n) is 26.1. The van der Waals surface area contributed by atoms with Crippen LogP contribution in [0, 0.1) is 17.0 Å². The number of halogens is 1. The van der Waals surface area contributed by atoms with E-state index in [1.807, 2.05) is 56.3 Å². The molecule has 4 aromatic carbocycles. The Hall–Kier alpha value is -5.03. The van der Waals surface area contributed by atoms with Crippen LogP contribution >= 0.6 is 15.9 Å². The topological polar surface area (TPSA) is 118 Å². The molecule has 0 N–H and O–H groups in total. The van der Waals surface area contributed by atoms with E-state index in [-0.39, 0.29) is 35.3 Å². The van der Waals surface area contributed by atoms with Gasteiger partial charge in [-0.1, -0.05) is 54.0 Å². The van der Waals surface area contributed by atoms with E-state index in [4.69, 9.17) is 19.2 Å². The Balaban J connectivity index is 1.63. The fourth-order valence-electron chi connectivity index (χ4n) is 5.05. The number of aryl methyl sites for hydroxylation is 1. The third-order valence-electron chi connectivity index (χ3n) is 7.37. The van der Waals surface area contributed by atoms with Gasteiger partial charge in [-0.25, -0.2) is 4.98 Å². The first-order valence-electron chi connectivity index (χ1n) is 14.7. The number of benzene rings is 4. The second-order valence-electron chi connectivity index (χ2n) is 10.9. The average molecular weight is 686 g/mol. The summed E-state index contributed by atoms with van der Waals surface area (Å²) in [6, 6.07) is 21.3. The van der Waals surface area contributed by atoms with E-state index >= 15 is 0 Å². The summed E-state index contributed by atoms with van der Waals surface area (Å²) in [5.41, 5.74) is 3.54. The van der Waals surface area contributed by atoms with Crippen LogP contribution in [-0.2, 0) is 6.61 Å². The van der Waals surface area contributed by atoms with Crippen molar-refractivity contribution in [1.82, 2.24) is 9.66 Å². The molecule has 10 nitrogen and oxygen atoms in total. The van der Waals surface area contributed by atoms with Crippen LogP contribution in [0.3, 0.4) is 0 Å². The number of para-hydroxylation sites is 1. The van der Waals surface area contributed by atoms with E-state index in [0.29, 0.717) is 34.5 Å². The monoisotopic (exact) mass is 684 g/mol. The Labute approximate surface area is 274 Å². The minimum atomic E-state index is -0.539. The van der Waals surface area contributed by atoms with Gasteiger partial charge >= 0.3 is 5.69 Å². The molecule has 11 heteroatoms. The fraction of sp³-hybridized carbons (Fsp3) is 0.229. The van der Waals surface area contributed by atoms with Crippen molar-refractivity contribution in [2.45, 2.75) is 40.2 Å². The van der Waals surface area contributed by atoms with Crippen molar-refractivity contribution < 1.29 is 19.1 Å². The van der Waals surface area contributed by atoms with Crippen molar-refractivity contribution in [1.29, 1.82) is 0 Å². The van der Waals surface area contributed by atoms with Crippen molar-refractivity contribution >= 4 is 38.7 Å². The summed E-state index contributed by atoms with van der Waals surface area (Å²) in [5, 5.41) is 17.1. The van der Waals surface area contributed by atoms with Crippen molar-refractivity contribution in [3.05, 3.63) is 120 Å². The lowest BCUT2D eigenvalue weighted by Gasteiger charge is -2.18. The van der Waals surface area contributed by atoms with Crippen molar-refractivity contribution in [3.63, 3.8) is 0 Å². The maximum absolute atomic E-state index is 13.9. The lowest BCUT2D eigenvalue weighted by molar-refractivity contribution is -0.386. The minimum absolute atomic E-state index is 0.0102. The van der Waals surface area contributed by atoms with Crippen LogP contribution in [0.5, 0.6) is 17.2 Å². The van der Waals surface area contributed by atoms with Crippen molar-refractivity contribution in [2.75, 3.05) is 13.7 Å². The van der Waals surface area contributed by atoms with Crippen molar-refractivity contribution in [2.24, 2.45) is 5.10 Å².